The molecule has 0 unspecified atom stereocenters. The van der Waals surface area contributed by atoms with E-state index in [1.54, 1.807) is 0 Å². The topological polar surface area (TPSA) is 46.2 Å². The maximum Gasteiger partial charge on any atom is 0.335 e. The van der Waals surface area contributed by atoms with Crippen molar-refractivity contribution in [3.05, 3.63) is 192 Å². The molecule has 0 amide bonds. The summed E-state index contributed by atoms with van der Waals surface area (Å²) in [7, 11) is -2.07. The summed E-state index contributed by atoms with van der Waals surface area (Å²) in [5, 5.41) is 2.52. The van der Waals surface area contributed by atoms with Crippen LogP contribution in [-0.2, 0) is 34.2 Å². The quantitative estimate of drug-likeness (QED) is 0.154. The molecule has 268 valence electrons. The number of fused-ring (bicyclic) bond motifs is 2. The summed E-state index contributed by atoms with van der Waals surface area (Å²) in [4.78, 5) is 0. The molecule has 2 saturated heterocycles. The van der Waals surface area contributed by atoms with E-state index in [1.807, 2.05) is 38.1 Å². The molecule has 53 heavy (non-hydrogen) atoms. The van der Waals surface area contributed by atoms with Crippen molar-refractivity contribution >= 4 is 19.4 Å². The minimum Gasteiger partial charge on any atom is -0.341 e. The van der Waals surface area contributed by atoms with Crippen LogP contribution in [0.3, 0.4) is 0 Å². The second kappa shape index (κ2) is 14.2. The molecule has 6 aromatic rings. The van der Waals surface area contributed by atoms with E-state index in [2.05, 4.69) is 140 Å². The third-order valence-corrected chi connectivity index (χ3v) is 12.6. The zero-order valence-corrected chi connectivity index (χ0v) is 31.1. The third-order valence-electron chi connectivity index (χ3n) is 11.3. The summed E-state index contributed by atoms with van der Waals surface area (Å²) in [6.07, 6.45) is 2.73. The predicted molar refractivity (Wildman–Crippen MR) is 210 cm³/mol. The van der Waals surface area contributed by atoms with Gasteiger partial charge in [-0.25, -0.2) is 0 Å². The van der Waals surface area contributed by atoms with Gasteiger partial charge in [0.2, 0.25) is 0 Å². The molecule has 2 heterocycles. The molecule has 2 aliphatic heterocycles. The maximum absolute atomic E-state index is 7.67. The normalized spacial score (nSPS) is 25.0. The fourth-order valence-electron chi connectivity index (χ4n) is 8.96. The highest BCUT2D eigenvalue weighted by Gasteiger charge is 2.67. The summed E-state index contributed by atoms with van der Waals surface area (Å²) in [6.45, 7) is 3.97. The van der Waals surface area contributed by atoms with Gasteiger partial charge in [-0.05, 0) is 65.3 Å². The summed E-state index contributed by atoms with van der Waals surface area (Å²) < 4.78 is 37.1. The number of benzene rings is 6. The molecule has 3 fully saturated rings. The molecule has 4 atom stereocenters. The van der Waals surface area contributed by atoms with Crippen molar-refractivity contribution in [2.24, 2.45) is 0 Å². The first-order valence-electron chi connectivity index (χ1n) is 18.9. The predicted octanol–water partition coefficient (Wildman–Crippen LogP) is 11.6. The molecule has 6 heteroatoms. The Morgan fingerprint density at radius 3 is 1.45 bits per heavy atom. The maximum atomic E-state index is 7.67. The van der Waals surface area contributed by atoms with Crippen LogP contribution < -0.4 is 0 Å². The second-order valence-electron chi connectivity index (χ2n) is 14.9. The van der Waals surface area contributed by atoms with Gasteiger partial charge in [0.1, 0.15) is 12.2 Å². The van der Waals surface area contributed by atoms with Gasteiger partial charge < -0.3 is 14.0 Å². The lowest BCUT2D eigenvalue weighted by molar-refractivity contribution is -0.177. The highest BCUT2D eigenvalue weighted by Crippen LogP contribution is 2.66. The van der Waals surface area contributed by atoms with E-state index in [4.69, 9.17) is 23.0 Å². The van der Waals surface area contributed by atoms with Crippen LogP contribution in [0.15, 0.2) is 164 Å². The standard InChI is InChI=1S/C47H45O5P/c1-45(2)48-43-44(49-45)47(37-26-11-5-12-27-37,38-28-13-6-14-29-38)52-53(51-46(43,35-22-7-3-8-23-35)36-24-9-4-10-25-36)50-42-33-18-17-31-41(42)40-32-19-21-34-20-15-16-30-39(34)40/h3-16,19-30,32,41-44H,17-18,31,33H2,1-2H3/t41-,42+,43+,44+/m0/s1. The van der Waals surface area contributed by atoms with E-state index in [-0.39, 0.29) is 12.0 Å². The summed E-state index contributed by atoms with van der Waals surface area (Å²) >= 11 is 0. The molecular weight excluding hydrogens is 675 g/mol. The Bertz CT molecular complexity index is 1950. The summed E-state index contributed by atoms with van der Waals surface area (Å²) in [6, 6.07) is 57.0. The fraction of sp³-hybridized carbons (Fsp3) is 0.277. The van der Waals surface area contributed by atoms with Crippen molar-refractivity contribution in [1.29, 1.82) is 0 Å². The fourth-order valence-corrected chi connectivity index (χ4v) is 10.7. The van der Waals surface area contributed by atoms with Crippen molar-refractivity contribution in [2.75, 3.05) is 0 Å². The van der Waals surface area contributed by atoms with Crippen LogP contribution in [0.25, 0.3) is 10.8 Å². The van der Waals surface area contributed by atoms with Crippen LogP contribution >= 0.6 is 8.60 Å². The van der Waals surface area contributed by atoms with Gasteiger partial charge in [0.15, 0.2) is 17.0 Å². The number of rotatable bonds is 7. The van der Waals surface area contributed by atoms with Crippen molar-refractivity contribution in [3.63, 3.8) is 0 Å². The van der Waals surface area contributed by atoms with Gasteiger partial charge in [0, 0.05) is 5.92 Å². The minimum atomic E-state index is -2.07. The highest BCUT2D eigenvalue weighted by atomic mass is 31.2. The van der Waals surface area contributed by atoms with E-state index in [9.17, 15) is 0 Å². The van der Waals surface area contributed by atoms with Crippen molar-refractivity contribution < 1.29 is 23.0 Å². The van der Waals surface area contributed by atoms with Gasteiger partial charge in [-0.1, -0.05) is 177 Å². The van der Waals surface area contributed by atoms with Crippen molar-refractivity contribution in [3.8, 4) is 0 Å². The van der Waals surface area contributed by atoms with Crippen LogP contribution in [0.2, 0.25) is 0 Å². The molecule has 1 saturated carbocycles. The van der Waals surface area contributed by atoms with Gasteiger partial charge in [-0.3, -0.25) is 9.05 Å². The average Bonchev–Trinajstić information content (AvgIpc) is 3.50. The SMILES string of the molecule is CC1(C)O[C@@H]2[C@@H](O1)C(c1ccccc1)(c1ccccc1)OP(O[C@@H]1CCCC[C@H]1c1cccc3ccccc13)OC2(c1ccccc1)c1ccccc1. The molecule has 0 bridgehead atoms. The molecule has 0 spiro atoms. The molecule has 5 nitrogen and oxygen atoms in total. The van der Waals surface area contributed by atoms with Gasteiger partial charge >= 0.3 is 8.60 Å². The van der Waals surface area contributed by atoms with Gasteiger partial charge in [0.05, 0.1) is 6.10 Å². The number of ether oxygens (including phenoxy) is 2. The Labute approximate surface area is 313 Å². The van der Waals surface area contributed by atoms with E-state index < -0.39 is 37.8 Å². The minimum absolute atomic E-state index is 0.134. The largest absolute Gasteiger partial charge is 0.341 e. The van der Waals surface area contributed by atoms with E-state index in [0.29, 0.717) is 0 Å². The number of hydrogen-bond acceptors (Lipinski definition) is 5. The zero-order chi connectivity index (χ0) is 35.9. The second-order valence-corrected chi connectivity index (χ2v) is 15.9. The lowest BCUT2D eigenvalue weighted by Crippen LogP contribution is -2.53. The van der Waals surface area contributed by atoms with Crippen molar-refractivity contribution in [1.82, 2.24) is 0 Å². The summed E-state index contributed by atoms with van der Waals surface area (Å²) in [5.74, 6) is -0.778. The Balaban J connectivity index is 1.27. The zero-order valence-electron chi connectivity index (χ0n) is 30.2. The molecule has 9 rings (SSSR count). The molecule has 0 radical (unpaired) electrons. The van der Waals surface area contributed by atoms with Crippen molar-refractivity contribution in [2.45, 2.75) is 80.7 Å². The van der Waals surface area contributed by atoms with Gasteiger partial charge in [-0.15, -0.1) is 0 Å². The van der Waals surface area contributed by atoms with Crippen LogP contribution in [0.5, 0.6) is 0 Å². The average molecular weight is 721 g/mol. The molecule has 3 aliphatic rings. The Kier molecular flexibility index (Phi) is 9.28. The lowest BCUT2D eigenvalue weighted by Gasteiger charge is -2.41. The van der Waals surface area contributed by atoms with Crippen LogP contribution in [0.4, 0.5) is 0 Å². The molecule has 0 N–H and O–H groups in total. The molecule has 1 aliphatic carbocycles. The molecule has 0 aromatic heterocycles. The van der Waals surface area contributed by atoms with Gasteiger partial charge in [0.25, 0.3) is 0 Å². The molecule has 6 aromatic carbocycles. The van der Waals surface area contributed by atoms with E-state index in [0.717, 1.165) is 47.9 Å². The first-order valence-corrected chi connectivity index (χ1v) is 20.0. The Morgan fingerprint density at radius 1 is 0.509 bits per heavy atom. The summed E-state index contributed by atoms with van der Waals surface area (Å²) in [5.41, 5.74) is 2.82. The smallest absolute Gasteiger partial charge is 0.335 e. The van der Waals surface area contributed by atoms with Crippen LogP contribution in [0, 0.1) is 0 Å². The van der Waals surface area contributed by atoms with Crippen LogP contribution in [-0.4, -0.2) is 24.1 Å². The van der Waals surface area contributed by atoms with Gasteiger partial charge in [-0.2, -0.15) is 0 Å². The Morgan fingerprint density at radius 2 is 0.943 bits per heavy atom. The first kappa shape index (κ1) is 34.6. The third kappa shape index (κ3) is 6.14. The molecular formula is C47H45O5P. The first-order chi connectivity index (χ1) is 26.0. The number of hydrogen-bond donors (Lipinski definition) is 0. The Hall–Kier alpha value is -4.19. The monoisotopic (exact) mass is 720 g/mol. The van der Waals surface area contributed by atoms with E-state index in [1.165, 1.54) is 16.3 Å². The van der Waals surface area contributed by atoms with E-state index >= 15 is 0 Å². The van der Waals surface area contributed by atoms with Crippen LogP contribution in [0.1, 0.15) is 73.3 Å². The lowest BCUT2D eigenvalue weighted by atomic mass is 9.72. The highest BCUT2D eigenvalue weighted by molar-refractivity contribution is 7.41.